The molecule has 7 nitrogen and oxygen atoms in total. The van der Waals surface area contributed by atoms with Crippen LogP contribution >= 0.6 is 0 Å². The molecule has 1 saturated heterocycles. The first-order valence-electron chi connectivity index (χ1n) is 13.5. The Morgan fingerprint density at radius 2 is 1.74 bits per heavy atom. The molecule has 4 aliphatic carbocycles. The van der Waals surface area contributed by atoms with Gasteiger partial charge in [0, 0.05) is 17.3 Å². The molecule has 7 heteroatoms. The maximum Gasteiger partial charge on any atom is 0.159 e. The molecule has 1 aliphatic heterocycles. The lowest BCUT2D eigenvalue weighted by atomic mass is 9.45. The Kier molecular flexibility index (Phi) is 5.78. The summed E-state index contributed by atoms with van der Waals surface area (Å²) in [7, 11) is 0. The third-order valence-electron chi connectivity index (χ3n) is 11.4. The average Bonchev–Trinajstić information content (AvgIpc) is 3.50. The molecule has 0 aromatic heterocycles. The molecule has 0 spiro atoms. The topological polar surface area (TPSA) is 131 Å². The Morgan fingerprint density at radius 1 is 1.09 bits per heavy atom. The zero-order valence-corrected chi connectivity index (χ0v) is 21.9. The summed E-state index contributed by atoms with van der Waals surface area (Å²) < 4.78 is 6.02. The molecule has 13 atom stereocenters. The van der Waals surface area contributed by atoms with Crippen molar-refractivity contribution in [3.8, 4) is 0 Å². The third-order valence-corrected chi connectivity index (χ3v) is 11.4. The number of aliphatic hydroxyl groups is 5. The van der Waals surface area contributed by atoms with Gasteiger partial charge in [0.05, 0.1) is 35.6 Å². The van der Waals surface area contributed by atoms with Gasteiger partial charge < -0.3 is 30.3 Å². The summed E-state index contributed by atoms with van der Waals surface area (Å²) in [6, 6.07) is 0. The molecule has 1 heterocycles. The number of aliphatic hydroxyl groups excluding tert-OH is 3. The number of ketones is 1. The minimum absolute atomic E-state index is 0.0335. The van der Waals surface area contributed by atoms with Crippen molar-refractivity contribution in [2.45, 2.75) is 115 Å². The van der Waals surface area contributed by atoms with E-state index >= 15 is 0 Å². The molecule has 3 saturated carbocycles. The van der Waals surface area contributed by atoms with E-state index in [-0.39, 0.29) is 36.8 Å². The monoisotopic (exact) mass is 492 g/mol. The van der Waals surface area contributed by atoms with E-state index in [4.69, 9.17) is 4.74 Å². The highest BCUT2D eigenvalue weighted by Crippen LogP contribution is 2.69. The van der Waals surface area contributed by atoms with Crippen LogP contribution in [0.3, 0.4) is 0 Å². The lowest BCUT2D eigenvalue weighted by Crippen LogP contribution is -2.66. The molecular formula is C28H44O7. The van der Waals surface area contributed by atoms with Gasteiger partial charge in [-0.05, 0) is 73.8 Å². The molecule has 5 rings (SSSR count). The van der Waals surface area contributed by atoms with Crippen LogP contribution in [-0.2, 0) is 9.53 Å². The molecule has 0 unspecified atom stereocenters. The third kappa shape index (κ3) is 3.34. The number of rotatable bonds is 4. The maximum atomic E-state index is 13.3. The molecule has 0 amide bonds. The van der Waals surface area contributed by atoms with Gasteiger partial charge in [-0.3, -0.25) is 4.79 Å². The minimum Gasteiger partial charge on any atom is -0.392 e. The fraction of sp³-hybridized carbons (Fsp3) is 0.893. The van der Waals surface area contributed by atoms with Crippen LogP contribution in [0, 0.1) is 40.4 Å². The zero-order chi connectivity index (χ0) is 25.9. The number of carbonyl (C=O) groups is 1. The second kappa shape index (κ2) is 7.84. The summed E-state index contributed by atoms with van der Waals surface area (Å²) in [5.41, 5.74) is -3.57. The van der Waals surface area contributed by atoms with Gasteiger partial charge in [0.1, 0.15) is 6.10 Å². The van der Waals surface area contributed by atoms with E-state index in [1.165, 1.54) is 6.08 Å². The highest BCUT2D eigenvalue weighted by molar-refractivity contribution is 5.95. The van der Waals surface area contributed by atoms with Crippen LogP contribution < -0.4 is 0 Å². The van der Waals surface area contributed by atoms with Crippen molar-refractivity contribution in [2.24, 2.45) is 40.4 Å². The van der Waals surface area contributed by atoms with Gasteiger partial charge in [0.2, 0.25) is 0 Å². The molecule has 0 radical (unpaired) electrons. The molecular weight excluding hydrogens is 448 g/mol. The quantitative estimate of drug-likeness (QED) is 0.379. The van der Waals surface area contributed by atoms with Crippen molar-refractivity contribution in [3.05, 3.63) is 11.6 Å². The van der Waals surface area contributed by atoms with E-state index < -0.39 is 52.2 Å². The first kappa shape index (κ1) is 25.8. The van der Waals surface area contributed by atoms with Crippen LogP contribution in [-0.4, -0.2) is 73.0 Å². The largest absolute Gasteiger partial charge is 0.392 e. The average molecular weight is 493 g/mol. The Balaban J connectivity index is 1.51. The van der Waals surface area contributed by atoms with Gasteiger partial charge >= 0.3 is 0 Å². The van der Waals surface area contributed by atoms with E-state index in [1.807, 2.05) is 20.8 Å². The number of ether oxygens (including phenoxy) is 1. The Morgan fingerprint density at radius 3 is 2.37 bits per heavy atom. The van der Waals surface area contributed by atoms with E-state index in [0.29, 0.717) is 36.7 Å². The van der Waals surface area contributed by atoms with E-state index in [0.717, 1.165) is 0 Å². The zero-order valence-electron chi connectivity index (χ0n) is 21.9. The Labute approximate surface area is 208 Å². The van der Waals surface area contributed by atoms with Crippen molar-refractivity contribution in [1.29, 1.82) is 0 Å². The van der Waals surface area contributed by atoms with Crippen molar-refractivity contribution < 1.29 is 35.1 Å². The molecule has 35 heavy (non-hydrogen) atoms. The standard InChI is InChI=1S/C28H44O7/c1-13(2)14(3)23-24(35-23)27(6,33)21-7-8-28(34)16-10-17(29)15-9-18(30)19(31)11-25(15,4)22(16)20(32)12-26(21,28)5/h10,13-15,18-24,30-34H,7-9,11-12H2,1-6H3/t14-,15+,18-,19+,20-,21+,22-,23-,24-,25+,26-,27-,28-/m1/s1. The van der Waals surface area contributed by atoms with Crippen LogP contribution in [0.25, 0.3) is 0 Å². The summed E-state index contributed by atoms with van der Waals surface area (Å²) >= 11 is 0. The van der Waals surface area contributed by atoms with Crippen molar-refractivity contribution in [3.63, 3.8) is 0 Å². The predicted octanol–water partition coefficient (Wildman–Crippen LogP) is 1.97. The van der Waals surface area contributed by atoms with Gasteiger partial charge in [-0.25, -0.2) is 0 Å². The molecule has 0 aromatic carbocycles. The number of carbonyl (C=O) groups excluding carboxylic acids is 1. The highest BCUT2D eigenvalue weighted by Gasteiger charge is 2.72. The number of fused-ring (bicyclic) bond motifs is 5. The fourth-order valence-electron chi connectivity index (χ4n) is 9.00. The van der Waals surface area contributed by atoms with Crippen molar-refractivity contribution in [1.82, 2.24) is 0 Å². The first-order chi connectivity index (χ1) is 16.1. The highest BCUT2D eigenvalue weighted by atomic mass is 16.6. The summed E-state index contributed by atoms with van der Waals surface area (Å²) in [5.74, 6) is -0.739. The van der Waals surface area contributed by atoms with Crippen molar-refractivity contribution >= 4 is 5.78 Å². The summed E-state index contributed by atoms with van der Waals surface area (Å²) in [6.07, 6.45) is 0.00461. The molecule has 198 valence electrons. The van der Waals surface area contributed by atoms with Gasteiger partial charge in [-0.1, -0.05) is 34.6 Å². The molecule has 0 bridgehead atoms. The SMILES string of the molecule is CC(C)[C@@H](C)[C@H]1O[C@H]1[C@](C)(O)[C@H]1CC[C@@]2(O)C3=CC(=O)[C@@H]4C[C@@H](O)[C@@H](O)C[C@]4(C)[C@H]3[C@H](O)C[C@]12C. The number of epoxide rings is 1. The van der Waals surface area contributed by atoms with Crippen LogP contribution in [0.4, 0.5) is 0 Å². The van der Waals surface area contributed by atoms with Gasteiger partial charge in [0.15, 0.2) is 5.78 Å². The van der Waals surface area contributed by atoms with Gasteiger partial charge in [0.25, 0.3) is 0 Å². The fourth-order valence-corrected chi connectivity index (χ4v) is 9.00. The molecule has 0 aromatic rings. The lowest BCUT2D eigenvalue weighted by Gasteiger charge is -2.62. The Hall–Kier alpha value is -0.830. The number of allylic oxidation sites excluding steroid dienone is 1. The van der Waals surface area contributed by atoms with Crippen LogP contribution in [0.15, 0.2) is 11.6 Å². The van der Waals surface area contributed by atoms with Crippen molar-refractivity contribution in [2.75, 3.05) is 0 Å². The minimum atomic E-state index is -1.34. The second-order valence-corrected chi connectivity index (χ2v) is 13.6. The summed E-state index contributed by atoms with van der Waals surface area (Å²) in [6.45, 7) is 12.1. The number of hydrogen-bond acceptors (Lipinski definition) is 7. The predicted molar refractivity (Wildman–Crippen MR) is 129 cm³/mol. The van der Waals surface area contributed by atoms with E-state index in [1.54, 1.807) is 0 Å². The van der Waals surface area contributed by atoms with Crippen LogP contribution in [0.2, 0.25) is 0 Å². The maximum absolute atomic E-state index is 13.3. The van der Waals surface area contributed by atoms with Crippen LogP contribution in [0.5, 0.6) is 0 Å². The summed E-state index contributed by atoms with van der Waals surface area (Å²) in [5, 5.41) is 56.5. The van der Waals surface area contributed by atoms with E-state index in [9.17, 15) is 30.3 Å². The van der Waals surface area contributed by atoms with Gasteiger partial charge in [-0.15, -0.1) is 0 Å². The normalized spacial score (nSPS) is 53.8. The second-order valence-electron chi connectivity index (χ2n) is 13.6. The smallest absolute Gasteiger partial charge is 0.159 e. The summed E-state index contributed by atoms with van der Waals surface area (Å²) in [4.78, 5) is 13.3. The lowest BCUT2D eigenvalue weighted by molar-refractivity contribution is -0.185. The molecule has 5 aliphatic rings. The van der Waals surface area contributed by atoms with Crippen LogP contribution in [0.1, 0.15) is 73.6 Å². The van der Waals surface area contributed by atoms with Gasteiger partial charge in [-0.2, -0.15) is 0 Å². The molecule has 4 fully saturated rings. The Bertz CT molecular complexity index is 928. The molecule has 5 N–H and O–H groups in total. The first-order valence-corrected chi connectivity index (χ1v) is 13.5. The van der Waals surface area contributed by atoms with E-state index in [2.05, 4.69) is 20.8 Å². The number of hydrogen-bond donors (Lipinski definition) is 5.